The Hall–Kier alpha value is -2.36. The first-order chi connectivity index (χ1) is 10.0. The maximum atomic E-state index is 12.0. The molecular weight excluding hydrogens is 264 g/mol. The third-order valence-corrected chi connectivity index (χ3v) is 3.67. The number of pyridine rings is 1. The van der Waals surface area contributed by atoms with Crippen LogP contribution in [-0.4, -0.2) is 18.0 Å². The normalized spacial score (nSPS) is 10.3. The Morgan fingerprint density at radius 3 is 2.62 bits per heavy atom. The molecule has 2 aromatic rings. The molecule has 2 rings (SSSR count). The fraction of sp³-hybridized carbons (Fsp3) is 0.294. The number of carbonyl (C=O) groups is 1. The molecule has 4 nitrogen and oxygen atoms in total. The lowest BCUT2D eigenvalue weighted by molar-refractivity contribution is 0.0946. The Kier molecular flexibility index (Phi) is 4.58. The minimum atomic E-state index is -0.166. The lowest BCUT2D eigenvalue weighted by Gasteiger charge is -2.16. The number of benzene rings is 1. The van der Waals surface area contributed by atoms with Gasteiger partial charge in [-0.2, -0.15) is 0 Å². The Balaban J connectivity index is 2.16. The lowest BCUT2D eigenvalue weighted by atomic mass is 9.98. The first kappa shape index (κ1) is 15.0. The second-order valence-electron chi connectivity index (χ2n) is 5.03. The first-order valence-corrected chi connectivity index (χ1v) is 6.87. The van der Waals surface area contributed by atoms with Crippen molar-refractivity contribution in [2.45, 2.75) is 27.3 Å². The van der Waals surface area contributed by atoms with E-state index in [1.807, 2.05) is 20.8 Å². The highest BCUT2D eigenvalue weighted by Crippen LogP contribution is 2.28. The summed E-state index contributed by atoms with van der Waals surface area (Å²) in [5.74, 6) is 0.744. The molecule has 110 valence electrons. The van der Waals surface area contributed by atoms with Crippen LogP contribution in [0.1, 0.15) is 32.7 Å². The summed E-state index contributed by atoms with van der Waals surface area (Å²) in [5, 5.41) is 2.91. The molecule has 1 N–H and O–H groups in total. The monoisotopic (exact) mass is 284 g/mol. The molecule has 1 aromatic carbocycles. The second-order valence-corrected chi connectivity index (χ2v) is 5.03. The van der Waals surface area contributed by atoms with Gasteiger partial charge in [-0.15, -0.1) is 0 Å². The number of methoxy groups -OCH3 is 1. The third-order valence-electron chi connectivity index (χ3n) is 3.67. The van der Waals surface area contributed by atoms with Crippen LogP contribution in [-0.2, 0) is 6.54 Å². The molecule has 0 aliphatic heterocycles. The van der Waals surface area contributed by atoms with E-state index in [2.05, 4.69) is 16.4 Å². The molecule has 1 heterocycles. The van der Waals surface area contributed by atoms with Crippen molar-refractivity contribution in [3.05, 3.63) is 58.4 Å². The molecule has 0 fully saturated rings. The van der Waals surface area contributed by atoms with Crippen LogP contribution in [0.5, 0.6) is 5.75 Å². The van der Waals surface area contributed by atoms with Crippen LogP contribution in [0.4, 0.5) is 0 Å². The van der Waals surface area contributed by atoms with Gasteiger partial charge in [0.05, 0.1) is 7.11 Å². The average molecular weight is 284 g/mol. The van der Waals surface area contributed by atoms with Gasteiger partial charge in [0.1, 0.15) is 11.4 Å². The molecule has 21 heavy (non-hydrogen) atoms. The van der Waals surface area contributed by atoms with Crippen molar-refractivity contribution < 1.29 is 9.53 Å². The van der Waals surface area contributed by atoms with Crippen LogP contribution < -0.4 is 10.1 Å². The molecule has 1 aromatic heterocycles. The van der Waals surface area contributed by atoms with Crippen molar-refractivity contribution in [2.75, 3.05) is 7.11 Å². The van der Waals surface area contributed by atoms with Crippen LogP contribution in [0.25, 0.3) is 0 Å². The molecule has 0 radical (unpaired) electrons. The summed E-state index contributed by atoms with van der Waals surface area (Å²) in [6.07, 6.45) is 1.61. The highest BCUT2D eigenvalue weighted by atomic mass is 16.5. The predicted molar refractivity (Wildman–Crippen MR) is 82.6 cm³/mol. The van der Waals surface area contributed by atoms with E-state index >= 15 is 0 Å². The van der Waals surface area contributed by atoms with Crippen LogP contribution in [0.3, 0.4) is 0 Å². The summed E-state index contributed by atoms with van der Waals surface area (Å²) in [6.45, 7) is 6.56. The molecule has 0 saturated heterocycles. The number of rotatable bonds is 4. The highest BCUT2D eigenvalue weighted by molar-refractivity contribution is 5.92. The zero-order valence-corrected chi connectivity index (χ0v) is 12.9. The van der Waals surface area contributed by atoms with Crippen LogP contribution in [0, 0.1) is 20.8 Å². The number of aryl methyl sites for hydroxylation is 1. The number of ether oxygens (including phenoxy) is 1. The van der Waals surface area contributed by atoms with Gasteiger partial charge in [0, 0.05) is 12.7 Å². The van der Waals surface area contributed by atoms with Crippen molar-refractivity contribution in [3.8, 4) is 5.75 Å². The van der Waals surface area contributed by atoms with E-state index in [9.17, 15) is 4.79 Å². The molecule has 1 amide bonds. The van der Waals surface area contributed by atoms with Crippen molar-refractivity contribution in [1.82, 2.24) is 10.3 Å². The van der Waals surface area contributed by atoms with Gasteiger partial charge in [0.2, 0.25) is 0 Å². The van der Waals surface area contributed by atoms with Crippen LogP contribution in [0.2, 0.25) is 0 Å². The number of aromatic nitrogens is 1. The van der Waals surface area contributed by atoms with Gasteiger partial charge in [0.15, 0.2) is 0 Å². The van der Waals surface area contributed by atoms with Crippen LogP contribution >= 0.6 is 0 Å². The van der Waals surface area contributed by atoms with E-state index in [4.69, 9.17) is 4.74 Å². The minimum absolute atomic E-state index is 0.166. The standard InChI is InChI=1S/C17H20N2O2/c1-11-9-14(12(2)13(3)16(11)21-4)10-19-17(20)15-7-5-6-8-18-15/h5-9H,10H2,1-4H3,(H,19,20). The number of amides is 1. The minimum Gasteiger partial charge on any atom is -0.496 e. The quantitative estimate of drug-likeness (QED) is 0.939. The molecule has 0 spiro atoms. The van der Waals surface area contributed by atoms with Gasteiger partial charge < -0.3 is 10.1 Å². The summed E-state index contributed by atoms with van der Waals surface area (Å²) < 4.78 is 5.41. The Morgan fingerprint density at radius 1 is 1.24 bits per heavy atom. The zero-order valence-electron chi connectivity index (χ0n) is 12.9. The molecule has 0 aliphatic rings. The predicted octanol–water partition coefficient (Wildman–Crippen LogP) is 2.95. The van der Waals surface area contributed by atoms with E-state index in [0.717, 1.165) is 28.0 Å². The smallest absolute Gasteiger partial charge is 0.270 e. The largest absolute Gasteiger partial charge is 0.496 e. The van der Waals surface area contributed by atoms with E-state index in [1.165, 1.54) is 0 Å². The summed E-state index contributed by atoms with van der Waals surface area (Å²) in [4.78, 5) is 16.1. The molecule has 0 saturated carbocycles. The van der Waals surface area contributed by atoms with Gasteiger partial charge in [-0.05, 0) is 55.2 Å². The third kappa shape index (κ3) is 3.21. The summed E-state index contributed by atoms with van der Waals surface area (Å²) >= 11 is 0. The van der Waals surface area contributed by atoms with E-state index in [0.29, 0.717) is 12.2 Å². The molecular formula is C17H20N2O2. The summed E-state index contributed by atoms with van der Waals surface area (Å²) in [6, 6.07) is 7.35. The van der Waals surface area contributed by atoms with Gasteiger partial charge in [-0.1, -0.05) is 12.1 Å². The van der Waals surface area contributed by atoms with Crippen molar-refractivity contribution in [2.24, 2.45) is 0 Å². The summed E-state index contributed by atoms with van der Waals surface area (Å²) in [7, 11) is 1.68. The van der Waals surface area contributed by atoms with Gasteiger partial charge in [0.25, 0.3) is 5.91 Å². The van der Waals surface area contributed by atoms with E-state index < -0.39 is 0 Å². The second kappa shape index (κ2) is 6.39. The van der Waals surface area contributed by atoms with Crippen LogP contribution in [0.15, 0.2) is 30.5 Å². The molecule has 0 atom stereocenters. The number of carbonyl (C=O) groups excluding carboxylic acids is 1. The molecule has 4 heteroatoms. The SMILES string of the molecule is COc1c(C)cc(CNC(=O)c2ccccn2)c(C)c1C. The topological polar surface area (TPSA) is 51.2 Å². The highest BCUT2D eigenvalue weighted by Gasteiger charge is 2.12. The fourth-order valence-corrected chi connectivity index (χ4v) is 2.40. The molecule has 0 bridgehead atoms. The zero-order chi connectivity index (χ0) is 15.4. The van der Waals surface area contributed by atoms with Crippen molar-refractivity contribution in [1.29, 1.82) is 0 Å². The molecule has 0 unspecified atom stereocenters. The summed E-state index contributed by atoms with van der Waals surface area (Å²) in [5.41, 5.74) is 4.84. The Morgan fingerprint density at radius 2 is 2.00 bits per heavy atom. The molecule has 0 aliphatic carbocycles. The number of hydrogen-bond acceptors (Lipinski definition) is 3. The maximum Gasteiger partial charge on any atom is 0.270 e. The number of nitrogens with one attached hydrogen (secondary N) is 1. The van der Waals surface area contributed by atoms with Crippen molar-refractivity contribution in [3.63, 3.8) is 0 Å². The van der Waals surface area contributed by atoms with Gasteiger partial charge >= 0.3 is 0 Å². The first-order valence-electron chi connectivity index (χ1n) is 6.87. The average Bonchev–Trinajstić information content (AvgIpc) is 2.50. The Labute approximate surface area is 125 Å². The van der Waals surface area contributed by atoms with Gasteiger partial charge in [-0.3, -0.25) is 9.78 Å². The Bertz CT molecular complexity index is 652. The lowest BCUT2D eigenvalue weighted by Crippen LogP contribution is -2.24. The van der Waals surface area contributed by atoms with E-state index in [1.54, 1.807) is 31.5 Å². The van der Waals surface area contributed by atoms with Crippen molar-refractivity contribution >= 4 is 5.91 Å². The number of hydrogen-bond donors (Lipinski definition) is 1. The van der Waals surface area contributed by atoms with E-state index in [-0.39, 0.29) is 5.91 Å². The number of nitrogens with zero attached hydrogens (tertiary/aromatic N) is 1. The maximum absolute atomic E-state index is 12.0. The fourth-order valence-electron chi connectivity index (χ4n) is 2.40. The van der Waals surface area contributed by atoms with Gasteiger partial charge in [-0.25, -0.2) is 0 Å².